The molecule has 1 aromatic carbocycles. The van der Waals surface area contributed by atoms with Crippen LogP contribution in [0.5, 0.6) is 0 Å². The molecule has 8 heteroatoms. The van der Waals surface area contributed by atoms with Crippen molar-refractivity contribution in [2.75, 3.05) is 45.9 Å². The minimum atomic E-state index is -0.239. The molecule has 2 saturated heterocycles. The number of piperidine rings is 1. The van der Waals surface area contributed by atoms with Gasteiger partial charge < -0.3 is 15.4 Å². The van der Waals surface area contributed by atoms with E-state index in [0.717, 1.165) is 44.6 Å². The molecular formula is C21H34Cl2FN3O2. The highest BCUT2D eigenvalue weighted by molar-refractivity contribution is 5.85. The molecular weight excluding hydrogens is 416 g/mol. The third-order valence-electron chi connectivity index (χ3n) is 5.91. The van der Waals surface area contributed by atoms with Crippen molar-refractivity contribution in [3.63, 3.8) is 0 Å². The van der Waals surface area contributed by atoms with E-state index in [-0.39, 0.29) is 42.6 Å². The van der Waals surface area contributed by atoms with Crippen LogP contribution in [0.15, 0.2) is 24.3 Å². The summed E-state index contributed by atoms with van der Waals surface area (Å²) >= 11 is 0. The second kappa shape index (κ2) is 13.4. The molecule has 29 heavy (non-hydrogen) atoms. The summed E-state index contributed by atoms with van der Waals surface area (Å²) in [7, 11) is 0. The normalized spacial score (nSPS) is 20.1. The number of hydrogen-bond donors (Lipinski definition) is 2. The first-order valence-electron chi connectivity index (χ1n) is 10.2. The van der Waals surface area contributed by atoms with Gasteiger partial charge in [-0.1, -0.05) is 19.1 Å². The minimum absolute atomic E-state index is 0. The van der Waals surface area contributed by atoms with Gasteiger partial charge in [-0.3, -0.25) is 9.69 Å². The molecule has 2 aliphatic rings. The number of morpholine rings is 1. The molecule has 0 aromatic heterocycles. The average molecular weight is 450 g/mol. The number of hydrogen-bond acceptors (Lipinski definition) is 4. The van der Waals surface area contributed by atoms with Gasteiger partial charge in [-0.2, -0.15) is 0 Å². The van der Waals surface area contributed by atoms with Gasteiger partial charge in [0, 0.05) is 26.1 Å². The SMILES string of the molecule is CC(CC(=O)NCC(c1cccc(F)c1)N1CCOCC1)C1CCNCC1.Cl.Cl. The Morgan fingerprint density at radius 1 is 1.28 bits per heavy atom. The molecule has 0 saturated carbocycles. The van der Waals surface area contributed by atoms with Gasteiger partial charge in [0.25, 0.3) is 0 Å². The summed E-state index contributed by atoms with van der Waals surface area (Å²) in [5, 5.41) is 6.48. The zero-order valence-corrected chi connectivity index (χ0v) is 18.7. The zero-order valence-electron chi connectivity index (χ0n) is 17.1. The van der Waals surface area contributed by atoms with Crippen LogP contribution in [-0.4, -0.2) is 56.7 Å². The number of nitrogens with one attached hydrogen (secondary N) is 2. The molecule has 2 unspecified atom stereocenters. The smallest absolute Gasteiger partial charge is 0.220 e. The second-order valence-corrected chi connectivity index (χ2v) is 7.79. The standard InChI is InChI=1S/C21H32FN3O2.2ClH/c1-16(17-5-7-23-8-6-17)13-21(26)24-15-20(25-9-11-27-12-10-25)18-3-2-4-19(22)14-18;;/h2-4,14,16-17,20,23H,5-13,15H2,1H3,(H,24,26);2*1H. The van der Waals surface area contributed by atoms with Crippen molar-refractivity contribution in [3.8, 4) is 0 Å². The Bertz CT molecular complexity index is 611. The number of carbonyl (C=O) groups is 1. The number of carbonyl (C=O) groups excluding carboxylic acids is 1. The molecule has 0 aliphatic carbocycles. The van der Waals surface area contributed by atoms with E-state index < -0.39 is 0 Å². The van der Waals surface area contributed by atoms with E-state index in [1.807, 2.05) is 6.07 Å². The molecule has 2 fully saturated rings. The summed E-state index contributed by atoms with van der Waals surface area (Å²) < 4.78 is 19.2. The highest BCUT2D eigenvalue weighted by atomic mass is 35.5. The Hall–Kier alpha value is -0.920. The Kier molecular flexibility index (Phi) is 12.1. The minimum Gasteiger partial charge on any atom is -0.379 e. The van der Waals surface area contributed by atoms with Crippen molar-refractivity contribution in [2.45, 2.75) is 32.2 Å². The summed E-state index contributed by atoms with van der Waals surface area (Å²) in [5.74, 6) is 0.866. The maximum atomic E-state index is 13.7. The van der Waals surface area contributed by atoms with Crippen LogP contribution in [0, 0.1) is 17.7 Å². The number of rotatable bonds is 7. The first-order valence-corrected chi connectivity index (χ1v) is 10.2. The molecule has 5 nitrogen and oxygen atoms in total. The van der Waals surface area contributed by atoms with Crippen molar-refractivity contribution in [3.05, 3.63) is 35.6 Å². The first-order chi connectivity index (χ1) is 13.1. The summed E-state index contributed by atoms with van der Waals surface area (Å²) in [4.78, 5) is 14.8. The predicted octanol–water partition coefficient (Wildman–Crippen LogP) is 3.18. The highest BCUT2D eigenvalue weighted by Crippen LogP contribution is 2.25. The molecule has 1 aromatic rings. The van der Waals surface area contributed by atoms with Gasteiger partial charge in [0.2, 0.25) is 5.91 Å². The molecule has 0 spiro atoms. The van der Waals surface area contributed by atoms with Crippen LogP contribution in [0.1, 0.15) is 37.8 Å². The van der Waals surface area contributed by atoms with Gasteiger partial charge in [-0.25, -0.2) is 4.39 Å². The maximum absolute atomic E-state index is 13.7. The lowest BCUT2D eigenvalue weighted by atomic mass is 9.84. The molecule has 2 atom stereocenters. The summed E-state index contributed by atoms with van der Waals surface area (Å²) in [6.45, 7) is 7.72. The van der Waals surface area contributed by atoms with Crippen LogP contribution < -0.4 is 10.6 Å². The second-order valence-electron chi connectivity index (χ2n) is 7.79. The lowest BCUT2D eigenvalue weighted by Gasteiger charge is -2.35. The third-order valence-corrected chi connectivity index (χ3v) is 5.91. The van der Waals surface area contributed by atoms with Gasteiger partial charge in [0.1, 0.15) is 5.82 Å². The predicted molar refractivity (Wildman–Crippen MR) is 118 cm³/mol. The van der Waals surface area contributed by atoms with E-state index in [4.69, 9.17) is 4.74 Å². The number of halogens is 3. The summed E-state index contributed by atoms with van der Waals surface area (Å²) in [6, 6.07) is 6.68. The lowest BCUT2D eigenvalue weighted by molar-refractivity contribution is -0.122. The van der Waals surface area contributed by atoms with Crippen molar-refractivity contribution in [2.24, 2.45) is 11.8 Å². The first kappa shape index (κ1) is 26.1. The molecule has 2 aliphatic heterocycles. The molecule has 2 heterocycles. The molecule has 3 rings (SSSR count). The van der Waals surface area contributed by atoms with E-state index >= 15 is 0 Å². The number of benzene rings is 1. The topological polar surface area (TPSA) is 53.6 Å². The van der Waals surface area contributed by atoms with Crippen LogP contribution in [0.25, 0.3) is 0 Å². The molecule has 0 radical (unpaired) electrons. The Morgan fingerprint density at radius 2 is 1.97 bits per heavy atom. The molecule has 2 N–H and O–H groups in total. The van der Waals surface area contributed by atoms with E-state index in [2.05, 4.69) is 22.5 Å². The Balaban J connectivity index is 0.00000210. The third kappa shape index (κ3) is 8.02. The molecule has 1 amide bonds. The fraction of sp³-hybridized carbons (Fsp3) is 0.667. The molecule has 0 bridgehead atoms. The Labute approximate surface area is 186 Å². The van der Waals surface area contributed by atoms with E-state index in [0.29, 0.717) is 38.0 Å². The number of amides is 1. The molecule has 166 valence electrons. The lowest BCUT2D eigenvalue weighted by Crippen LogP contribution is -2.44. The van der Waals surface area contributed by atoms with Gasteiger partial charge in [0.15, 0.2) is 0 Å². The van der Waals surface area contributed by atoms with E-state index in [9.17, 15) is 9.18 Å². The van der Waals surface area contributed by atoms with Gasteiger partial charge >= 0.3 is 0 Å². The Morgan fingerprint density at radius 3 is 2.62 bits per heavy atom. The quantitative estimate of drug-likeness (QED) is 0.670. The van der Waals surface area contributed by atoms with Crippen LogP contribution in [0.3, 0.4) is 0 Å². The van der Waals surface area contributed by atoms with Gasteiger partial charge in [-0.05, 0) is 55.5 Å². The van der Waals surface area contributed by atoms with Gasteiger partial charge in [0.05, 0.1) is 19.3 Å². The van der Waals surface area contributed by atoms with Crippen LogP contribution >= 0.6 is 24.8 Å². The monoisotopic (exact) mass is 449 g/mol. The largest absolute Gasteiger partial charge is 0.379 e. The average Bonchev–Trinajstić information content (AvgIpc) is 2.70. The van der Waals surface area contributed by atoms with E-state index in [1.165, 1.54) is 6.07 Å². The zero-order chi connectivity index (χ0) is 19.1. The maximum Gasteiger partial charge on any atom is 0.220 e. The van der Waals surface area contributed by atoms with Crippen molar-refractivity contribution >= 4 is 30.7 Å². The fourth-order valence-electron chi connectivity index (χ4n) is 4.22. The van der Waals surface area contributed by atoms with Crippen LogP contribution in [0.4, 0.5) is 4.39 Å². The van der Waals surface area contributed by atoms with Gasteiger partial charge in [-0.15, -0.1) is 24.8 Å². The summed E-state index contributed by atoms with van der Waals surface area (Å²) in [5.41, 5.74) is 0.906. The van der Waals surface area contributed by atoms with Crippen molar-refractivity contribution in [1.29, 1.82) is 0 Å². The number of nitrogens with zero attached hydrogens (tertiary/aromatic N) is 1. The number of ether oxygens (including phenoxy) is 1. The van der Waals surface area contributed by atoms with E-state index in [1.54, 1.807) is 12.1 Å². The fourth-order valence-corrected chi connectivity index (χ4v) is 4.22. The van der Waals surface area contributed by atoms with Crippen LogP contribution in [0.2, 0.25) is 0 Å². The highest BCUT2D eigenvalue weighted by Gasteiger charge is 2.25. The van der Waals surface area contributed by atoms with Crippen molar-refractivity contribution in [1.82, 2.24) is 15.5 Å². The summed E-state index contributed by atoms with van der Waals surface area (Å²) in [6.07, 6.45) is 2.85. The van der Waals surface area contributed by atoms with Crippen molar-refractivity contribution < 1.29 is 13.9 Å². The van der Waals surface area contributed by atoms with Crippen LogP contribution in [-0.2, 0) is 9.53 Å².